The Hall–Kier alpha value is -1.39. The molecular weight excluding hydrogens is 344 g/mol. The largest absolute Gasteiger partial charge is 0.389 e. The first-order chi connectivity index (χ1) is 10.1. The molecule has 0 heterocycles. The van der Waals surface area contributed by atoms with Gasteiger partial charge in [-0.1, -0.05) is 65.4 Å². The minimum Gasteiger partial charge on any atom is -0.389 e. The van der Waals surface area contributed by atoms with Crippen LogP contribution in [0.25, 0.3) is 0 Å². The van der Waals surface area contributed by atoms with Crippen LogP contribution in [0.5, 0.6) is 0 Å². The molecule has 2 aromatic carbocycles. The van der Waals surface area contributed by atoms with Gasteiger partial charge in [-0.05, 0) is 36.1 Å². The maximum atomic E-state index is 5.78. The molecule has 0 radical (unpaired) electrons. The molecule has 0 aliphatic carbocycles. The summed E-state index contributed by atoms with van der Waals surface area (Å²) >= 11 is 8.55. The van der Waals surface area contributed by atoms with Gasteiger partial charge in [0, 0.05) is 22.3 Å². The van der Waals surface area contributed by atoms with Crippen molar-refractivity contribution in [3.05, 3.63) is 64.1 Å². The number of hydrogen-bond donors (Lipinski definition) is 2. The number of hydrogen-bond acceptors (Lipinski definition) is 2. The lowest BCUT2D eigenvalue weighted by Crippen LogP contribution is -2.14. The molecule has 3 N–H and O–H groups in total. The van der Waals surface area contributed by atoms with Crippen LogP contribution in [0.1, 0.15) is 30.4 Å². The van der Waals surface area contributed by atoms with Crippen LogP contribution in [0.4, 0.5) is 5.69 Å². The standard InChI is InChI=1S/C17H19BrN2S/c1-12(13-5-3-2-4-6-13)9-10-20-16-8-7-14(18)11-15(16)17(19)21/h2-8,11-12,20H,9-10H2,1H3,(H2,19,21). The fourth-order valence-electron chi connectivity index (χ4n) is 2.25. The maximum absolute atomic E-state index is 5.78. The second-order valence-corrected chi connectivity index (χ2v) is 6.44. The van der Waals surface area contributed by atoms with E-state index in [1.807, 2.05) is 24.3 Å². The Morgan fingerprint density at radius 1 is 1.24 bits per heavy atom. The molecule has 0 saturated carbocycles. The van der Waals surface area contributed by atoms with Gasteiger partial charge in [-0.2, -0.15) is 0 Å². The van der Waals surface area contributed by atoms with Crippen molar-refractivity contribution in [3.8, 4) is 0 Å². The van der Waals surface area contributed by atoms with Crippen LogP contribution in [0.2, 0.25) is 0 Å². The fraction of sp³-hybridized carbons (Fsp3) is 0.235. The van der Waals surface area contributed by atoms with Gasteiger partial charge < -0.3 is 11.1 Å². The molecule has 0 amide bonds. The van der Waals surface area contributed by atoms with Crippen molar-refractivity contribution in [1.82, 2.24) is 0 Å². The molecule has 1 unspecified atom stereocenters. The SMILES string of the molecule is CC(CCNc1ccc(Br)cc1C(N)=S)c1ccccc1. The monoisotopic (exact) mass is 362 g/mol. The van der Waals surface area contributed by atoms with Gasteiger partial charge in [-0.15, -0.1) is 0 Å². The van der Waals surface area contributed by atoms with Crippen molar-refractivity contribution in [1.29, 1.82) is 0 Å². The zero-order valence-electron chi connectivity index (χ0n) is 12.0. The predicted octanol–water partition coefficient (Wildman–Crippen LogP) is 4.69. The van der Waals surface area contributed by atoms with E-state index >= 15 is 0 Å². The molecule has 0 fully saturated rings. The normalized spacial score (nSPS) is 11.9. The van der Waals surface area contributed by atoms with Gasteiger partial charge in [0.2, 0.25) is 0 Å². The van der Waals surface area contributed by atoms with Gasteiger partial charge in [0.1, 0.15) is 4.99 Å². The fourth-order valence-corrected chi connectivity index (χ4v) is 2.78. The summed E-state index contributed by atoms with van der Waals surface area (Å²) in [6.07, 6.45) is 1.05. The number of anilines is 1. The van der Waals surface area contributed by atoms with Gasteiger partial charge in [-0.25, -0.2) is 0 Å². The van der Waals surface area contributed by atoms with E-state index in [1.54, 1.807) is 0 Å². The van der Waals surface area contributed by atoms with Crippen molar-refractivity contribution >= 4 is 38.8 Å². The highest BCUT2D eigenvalue weighted by atomic mass is 79.9. The lowest BCUT2D eigenvalue weighted by Gasteiger charge is -2.15. The summed E-state index contributed by atoms with van der Waals surface area (Å²) < 4.78 is 0.980. The number of benzene rings is 2. The van der Waals surface area contributed by atoms with Crippen LogP contribution in [0, 0.1) is 0 Å². The molecule has 21 heavy (non-hydrogen) atoms. The third-order valence-corrected chi connectivity index (χ3v) is 4.22. The highest BCUT2D eigenvalue weighted by molar-refractivity contribution is 9.10. The Balaban J connectivity index is 1.96. The van der Waals surface area contributed by atoms with Gasteiger partial charge >= 0.3 is 0 Å². The molecule has 2 rings (SSSR count). The highest BCUT2D eigenvalue weighted by Gasteiger charge is 2.08. The minimum absolute atomic E-state index is 0.412. The number of thiocarbonyl (C=S) groups is 1. The molecule has 2 aromatic rings. The second-order valence-electron chi connectivity index (χ2n) is 5.08. The van der Waals surface area contributed by atoms with E-state index < -0.39 is 0 Å². The Morgan fingerprint density at radius 2 is 1.95 bits per heavy atom. The zero-order valence-corrected chi connectivity index (χ0v) is 14.4. The number of halogens is 1. The molecule has 0 saturated heterocycles. The van der Waals surface area contributed by atoms with E-state index in [0.29, 0.717) is 10.9 Å². The number of nitrogens with two attached hydrogens (primary N) is 1. The van der Waals surface area contributed by atoms with Crippen molar-refractivity contribution < 1.29 is 0 Å². The van der Waals surface area contributed by atoms with E-state index in [9.17, 15) is 0 Å². The second kappa shape index (κ2) is 7.57. The van der Waals surface area contributed by atoms with E-state index in [1.165, 1.54) is 5.56 Å². The van der Waals surface area contributed by atoms with Crippen molar-refractivity contribution in [3.63, 3.8) is 0 Å². The van der Waals surface area contributed by atoms with Crippen LogP contribution < -0.4 is 11.1 Å². The number of nitrogens with one attached hydrogen (secondary N) is 1. The first-order valence-electron chi connectivity index (χ1n) is 6.96. The lowest BCUT2D eigenvalue weighted by atomic mass is 9.98. The van der Waals surface area contributed by atoms with E-state index in [2.05, 4.69) is 52.4 Å². The molecule has 0 aliphatic heterocycles. The molecule has 0 aliphatic rings. The third kappa shape index (κ3) is 4.55. The quantitative estimate of drug-likeness (QED) is 0.732. The summed E-state index contributed by atoms with van der Waals surface area (Å²) in [6, 6.07) is 16.5. The summed E-state index contributed by atoms with van der Waals surface area (Å²) in [6.45, 7) is 3.13. The molecule has 0 spiro atoms. The predicted molar refractivity (Wildman–Crippen MR) is 98.0 cm³/mol. The molecule has 4 heteroatoms. The molecule has 110 valence electrons. The Bertz CT molecular complexity index is 613. The Kier molecular flexibility index (Phi) is 5.76. The summed E-state index contributed by atoms with van der Waals surface area (Å²) in [5.41, 5.74) is 9.01. The maximum Gasteiger partial charge on any atom is 0.106 e. The summed E-state index contributed by atoms with van der Waals surface area (Å²) in [7, 11) is 0. The van der Waals surface area contributed by atoms with Crippen LogP contribution in [0.15, 0.2) is 53.0 Å². The van der Waals surface area contributed by atoms with E-state index in [-0.39, 0.29) is 0 Å². The Morgan fingerprint density at radius 3 is 2.62 bits per heavy atom. The molecule has 1 atom stereocenters. The zero-order chi connectivity index (χ0) is 15.2. The molecule has 0 bridgehead atoms. The molecule has 0 aromatic heterocycles. The summed E-state index contributed by atoms with van der Waals surface area (Å²) in [4.78, 5) is 0.412. The topological polar surface area (TPSA) is 38.0 Å². The Labute approximate surface area is 139 Å². The van der Waals surface area contributed by atoms with Crippen molar-refractivity contribution in [2.45, 2.75) is 19.3 Å². The third-order valence-electron chi connectivity index (χ3n) is 3.51. The van der Waals surface area contributed by atoms with E-state index in [4.69, 9.17) is 18.0 Å². The van der Waals surface area contributed by atoms with Gasteiger partial charge in [0.05, 0.1) is 0 Å². The van der Waals surface area contributed by atoms with Gasteiger partial charge in [0.15, 0.2) is 0 Å². The first-order valence-corrected chi connectivity index (χ1v) is 8.16. The summed E-state index contributed by atoms with van der Waals surface area (Å²) in [5, 5.41) is 3.43. The molecule has 2 nitrogen and oxygen atoms in total. The van der Waals surface area contributed by atoms with Gasteiger partial charge in [0.25, 0.3) is 0 Å². The first kappa shape index (κ1) is 16.0. The smallest absolute Gasteiger partial charge is 0.106 e. The number of rotatable bonds is 6. The van der Waals surface area contributed by atoms with Crippen LogP contribution in [-0.4, -0.2) is 11.5 Å². The van der Waals surface area contributed by atoms with E-state index in [0.717, 1.165) is 28.7 Å². The average molecular weight is 363 g/mol. The lowest BCUT2D eigenvalue weighted by molar-refractivity contribution is 0.706. The van der Waals surface area contributed by atoms with Crippen molar-refractivity contribution in [2.75, 3.05) is 11.9 Å². The average Bonchev–Trinajstić information content (AvgIpc) is 2.49. The molecular formula is C17H19BrN2S. The van der Waals surface area contributed by atoms with Crippen LogP contribution in [0.3, 0.4) is 0 Å². The minimum atomic E-state index is 0.412. The van der Waals surface area contributed by atoms with Crippen LogP contribution in [-0.2, 0) is 0 Å². The highest BCUT2D eigenvalue weighted by Crippen LogP contribution is 2.23. The van der Waals surface area contributed by atoms with Gasteiger partial charge in [-0.3, -0.25) is 0 Å². The van der Waals surface area contributed by atoms with Crippen molar-refractivity contribution in [2.24, 2.45) is 5.73 Å². The summed E-state index contributed by atoms with van der Waals surface area (Å²) in [5.74, 6) is 0.516. The van der Waals surface area contributed by atoms with Crippen LogP contribution >= 0.6 is 28.1 Å².